The van der Waals surface area contributed by atoms with Gasteiger partial charge in [-0.1, -0.05) is 176 Å². The number of anilines is 3. The molecule has 0 amide bonds. The molecule has 2 aliphatic rings. The zero-order valence-electron chi connectivity index (χ0n) is 34.6. The van der Waals surface area contributed by atoms with Crippen LogP contribution in [-0.2, 0) is 5.41 Å². The molecule has 0 N–H and O–H groups in total. The molecule has 3 nitrogen and oxygen atoms in total. The Labute approximate surface area is 369 Å². The molecule has 0 bridgehead atoms. The van der Waals surface area contributed by atoms with Crippen molar-refractivity contribution in [3.05, 3.63) is 247 Å². The molecule has 0 atom stereocenters. The van der Waals surface area contributed by atoms with E-state index >= 15 is 0 Å². The zero-order chi connectivity index (χ0) is 41.9. The number of nitrogens with zero attached hydrogens (tertiary/aromatic N) is 1. The summed E-state index contributed by atoms with van der Waals surface area (Å²) in [6, 6.07) is 81.5. The van der Waals surface area contributed by atoms with E-state index in [1.807, 2.05) is 12.1 Å². The fourth-order valence-electron chi connectivity index (χ4n) is 11.2. The van der Waals surface area contributed by atoms with E-state index in [9.17, 15) is 0 Å². The van der Waals surface area contributed by atoms with E-state index in [0.29, 0.717) is 0 Å². The number of para-hydroxylation sites is 4. The van der Waals surface area contributed by atoms with Crippen LogP contribution < -0.4 is 4.90 Å². The van der Waals surface area contributed by atoms with E-state index < -0.39 is 5.41 Å². The highest BCUT2D eigenvalue weighted by Crippen LogP contribution is 2.63. The lowest BCUT2D eigenvalue weighted by Gasteiger charge is -2.32. The maximum Gasteiger partial charge on any atom is 0.143 e. The summed E-state index contributed by atoms with van der Waals surface area (Å²) >= 11 is 0. The summed E-state index contributed by atoms with van der Waals surface area (Å²) in [4.78, 5) is 2.42. The van der Waals surface area contributed by atoms with Crippen LogP contribution in [0.25, 0.3) is 88.4 Å². The van der Waals surface area contributed by atoms with Crippen molar-refractivity contribution in [3.63, 3.8) is 0 Å². The van der Waals surface area contributed by atoms with Crippen LogP contribution in [0.4, 0.5) is 17.1 Å². The Balaban J connectivity index is 1.01. The predicted molar refractivity (Wildman–Crippen MR) is 263 cm³/mol. The highest BCUT2D eigenvalue weighted by molar-refractivity contribution is 6.11. The summed E-state index contributed by atoms with van der Waals surface area (Å²) in [5.74, 6) is 0. The van der Waals surface area contributed by atoms with Gasteiger partial charge in [-0.2, -0.15) is 0 Å². The molecule has 0 saturated carbocycles. The molecule has 0 saturated heterocycles. The molecule has 2 aromatic heterocycles. The van der Waals surface area contributed by atoms with Crippen molar-refractivity contribution >= 4 is 60.9 Å². The Morgan fingerprint density at radius 2 is 0.672 bits per heavy atom. The third-order valence-electron chi connectivity index (χ3n) is 13.9. The van der Waals surface area contributed by atoms with Gasteiger partial charge in [0.05, 0.1) is 5.41 Å². The van der Waals surface area contributed by atoms with E-state index in [1.165, 1.54) is 44.5 Å². The van der Waals surface area contributed by atoms with Crippen LogP contribution in [0, 0.1) is 0 Å². The van der Waals surface area contributed by atoms with Gasteiger partial charge >= 0.3 is 0 Å². The van der Waals surface area contributed by atoms with Gasteiger partial charge in [0.25, 0.3) is 0 Å². The molecule has 12 aromatic rings. The molecule has 0 fully saturated rings. The van der Waals surface area contributed by atoms with E-state index in [-0.39, 0.29) is 0 Å². The van der Waals surface area contributed by atoms with Crippen molar-refractivity contribution in [1.29, 1.82) is 0 Å². The smallest absolute Gasteiger partial charge is 0.143 e. The summed E-state index contributed by atoms with van der Waals surface area (Å²) in [6.07, 6.45) is 0. The van der Waals surface area contributed by atoms with Gasteiger partial charge in [0, 0.05) is 49.7 Å². The molecule has 0 aliphatic heterocycles. The summed E-state index contributed by atoms with van der Waals surface area (Å²) in [5, 5.41) is 4.47. The number of benzene rings is 10. The van der Waals surface area contributed by atoms with Crippen molar-refractivity contribution in [1.82, 2.24) is 0 Å². The summed E-state index contributed by atoms with van der Waals surface area (Å²) in [6.45, 7) is 0. The Bertz CT molecular complexity index is 3660. The predicted octanol–water partition coefficient (Wildman–Crippen LogP) is 16.6. The van der Waals surface area contributed by atoms with Gasteiger partial charge in [0.15, 0.2) is 0 Å². The summed E-state index contributed by atoms with van der Waals surface area (Å²) < 4.78 is 13.2. The lowest BCUT2D eigenvalue weighted by atomic mass is 9.70. The fourth-order valence-corrected chi connectivity index (χ4v) is 11.2. The van der Waals surface area contributed by atoms with Crippen molar-refractivity contribution in [2.24, 2.45) is 0 Å². The van der Waals surface area contributed by atoms with Gasteiger partial charge in [-0.3, -0.25) is 0 Å². The van der Waals surface area contributed by atoms with Crippen LogP contribution in [0.1, 0.15) is 22.3 Å². The first-order valence-electron chi connectivity index (χ1n) is 22.0. The average Bonchev–Trinajstić information content (AvgIpc) is 4.10. The molecule has 298 valence electrons. The molecule has 2 heterocycles. The largest absolute Gasteiger partial charge is 0.455 e. The van der Waals surface area contributed by atoms with E-state index in [2.05, 4.69) is 217 Å². The van der Waals surface area contributed by atoms with Gasteiger partial charge in [-0.15, -0.1) is 0 Å². The molecule has 0 unspecified atom stereocenters. The van der Waals surface area contributed by atoms with Crippen molar-refractivity contribution in [2.75, 3.05) is 4.90 Å². The second-order valence-electron chi connectivity index (χ2n) is 17.1. The molecule has 10 aromatic carbocycles. The van der Waals surface area contributed by atoms with E-state index in [0.717, 1.165) is 83.2 Å². The molecule has 1 spiro atoms. The van der Waals surface area contributed by atoms with Crippen molar-refractivity contribution in [2.45, 2.75) is 5.41 Å². The number of hydrogen-bond donors (Lipinski definition) is 0. The highest BCUT2D eigenvalue weighted by Gasteiger charge is 2.51. The average molecular weight is 816 g/mol. The van der Waals surface area contributed by atoms with Crippen molar-refractivity contribution in [3.8, 4) is 44.5 Å². The number of hydrogen-bond acceptors (Lipinski definition) is 3. The second-order valence-corrected chi connectivity index (χ2v) is 17.1. The fraction of sp³-hybridized carbons (Fsp3) is 0.0164. The van der Waals surface area contributed by atoms with Gasteiger partial charge in [-0.05, 0) is 104 Å². The maximum absolute atomic E-state index is 6.60. The monoisotopic (exact) mass is 815 g/mol. The minimum absolute atomic E-state index is 0.474. The SMILES string of the molecule is c1cc(-c2cccc3c2oc2ccccc23)cc(N(c2cccc(-c3cccc4c3oc3ccccc34)c2)c2ccc3c(c2)C2(c4ccccc4-c4ccccc42)c2ccccc2-3)c1. The van der Waals surface area contributed by atoms with E-state index in [1.54, 1.807) is 0 Å². The number of rotatable bonds is 5. The Morgan fingerprint density at radius 1 is 0.281 bits per heavy atom. The standard InChI is InChI=1S/C61H37NO2/c1-6-28-53-45(19-1)46-20-2-7-29-54(46)61(53)55-30-8-3-21-47(55)48-34-33-42(37-56(48)61)62(40-17-11-15-38(35-40)43-24-13-26-51-49-22-4-9-31-57(49)63-59(43)51)41-18-12-16-39(36-41)44-25-14-27-52-50-23-5-10-32-58(50)64-60(44)52/h1-37H. The van der Waals surface area contributed by atoms with E-state index in [4.69, 9.17) is 8.83 Å². The Morgan fingerprint density at radius 3 is 1.19 bits per heavy atom. The van der Waals surface area contributed by atoms with Gasteiger partial charge in [0.1, 0.15) is 22.3 Å². The number of furan rings is 2. The first kappa shape index (κ1) is 35.2. The topological polar surface area (TPSA) is 29.5 Å². The first-order chi connectivity index (χ1) is 31.7. The van der Waals surface area contributed by atoms with Crippen LogP contribution in [0.2, 0.25) is 0 Å². The zero-order valence-corrected chi connectivity index (χ0v) is 34.6. The molecular weight excluding hydrogens is 779 g/mol. The van der Waals surface area contributed by atoms with Crippen LogP contribution in [-0.4, -0.2) is 0 Å². The van der Waals surface area contributed by atoms with Crippen LogP contribution in [0.3, 0.4) is 0 Å². The molecule has 2 aliphatic carbocycles. The highest BCUT2D eigenvalue weighted by atomic mass is 16.3. The maximum atomic E-state index is 6.60. The Hall–Kier alpha value is -8.40. The van der Waals surface area contributed by atoms with Crippen LogP contribution >= 0.6 is 0 Å². The minimum Gasteiger partial charge on any atom is -0.455 e. The van der Waals surface area contributed by atoms with Gasteiger partial charge in [-0.25, -0.2) is 0 Å². The van der Waals surface area contributed by atoms with Crippen LogP contribution in [0.5, 0.6) is 0 Å². The van der Waals surface area contributed by atoms with Crippen LogP contribution in [0.15, 0.2) is 233 Å². The van der Waals surface area contributed by atoms with Gasteiger partial charge in [0.2, 0.25) is 0 Å². The Kier molecular flexibility index (Phi) is 7.32. The van der Waals surface area contributed by atoms with Crippen molar-refractivity contribution < 1.29 is 8.83 Å². The molecular formula is C61H37NO2. The molecule has 0 radical (unpaired) electrons. The quantitative estimate of drug-likeness (QED) is 0.173. The second kappa shape index (κ2) is 13.3. The molecule has 3 heteroatoms. The first-order valence-corrected chi connectivity index (χ1v) is 22.0. The molecule has 64 heavy (non-hydrogen) atoms. The third kappa shape index (κ3) is 4.81. The lowest BCUT2D eigenvalue weighted by Crippen LogP contribution is -2.26. The third-order valence-corrected chi connectivity index (χ3v) is 13.9. The summed E-state index contributed by atoms with van der Waals surface area (Å²) in [7, 11) is 0. The lowest BCUT2D eigenvalue weighted by molar-refractivity contribution is 0.669. The molecule has 14 rings (SSSR count). The minimum atomic E-state index is -0.474. The normalized spacial score (nSPS) is 13.1. The number of fused-ring (bicyclic) bond motifs is 16. The van der Waals surface area contributed by atoms with Gasteiger partial charge < -0.3 is 13.7 Å². The summed E-state index contributed by atoms with van der Waals surface area (Å²) in [5.41, 5.74) is 20.9.